The highest BCUT2D eigenvalue weighted by Crippen LogP contribution is 2.28. The number of alkyl carbamates (subject to hydrolysis) is 1. The molecule has 0 radical (unpaired) electrons. The molecule has 0 saturated carbocycles. The van der Waals surface area contributed by atoms with Crippen molar-refractivity contribution in [3.63, 3.8) is 0 Å². The molecule has 2 unspecified atom stereocenters. The Bertz CT molecular complexity index is 1150. The first-order valence-corrected chi connectivity index (χ1v) is 13.2. The number of carbonyl (C=O) groups excluding carboxylic acids is 3. The molecule has 3 amide bonds. The molecule has 9 nitrogen and oxygen atoms in total. The summed E-state index contributed by atoms with van der Waals surface area (Å²) in [6.07, 6.45) is -0.0893. The van der Waals surface area contributed by atoms with Gasteiger partial charge in [0.05, 0.1) is 0 Å². The van der Waals surface area contributed by atoms with Crippen LogP contribution in [0.3, 0.4) is 0 Å². The number of amides is 3. The molecule has 2 aromatic rings. The van der Waals surface area contributed by atoms with Crippen LogP contribution in [0.1, 0.15) is 77.6 Å². The number of rotatable bonds is 9. The summed E-state index contributed by atoms with van der Waals surface area (Å²) in [5.74, 6) is -0.680. The third-order valence-corrected chi connectivity index (χ3v) is 5.71. The van der Waals surface area contributed by atoms with Crippen LogP contribution in [0.2, 0.25) is 0 Å². The fourth-order valence-corrected chi connectivity index (χ4v) is 4.08. The lowest BCUT2D eigenvalue weighted by Gasteiger charge is -2.36. The smallest absolute Gasteiger partial charge is 0.408 e. The Kier molecular flexibility index (Phi) is 10.4. The number of benzene rings is 2. The molecule has 2 rings (SSSR count). The van der Waals surface area contributed by atoms with Gasteiger partial charge in [-0.1, -0.05) is 25.1 Å². The fraction of sp³-hybridized carbons (Fsp3) is 0.500. The average Bonchev–Trinajstić information content (AvgIpc) is 2.79. The molecule has 2 aromatic carbocycles. The molecule has 2 atom stereocenters. The minimum absolute atomic E-state index is 0.0796. The van der Waals surface area contributed by atoms with Gasteiger partial charge in [0.2, 0.25) is 11.8 Å². The maximum Gasteiger partial charge on any atom is 0.408 e. The summed E-state index contributed by atoms with van der Waals surface area (Å²) in [6.45, 7) is 14.6. The summed E-state index contributed by atoms with van der Waals surface area (Å²) in [5, 5.41) is 25.5. The number of aromatic hydroxyl groups is 2. The number of hydrogen-bond acceptors (Lipinski definition) is 6. The third-order valence-electron chi connectivity index (χ3n) is 5.71. The van der Waals surface area contributed by atoms with E-state index in [0.29, 0.717) is 23.1 Å². The summed E-state index contributed by atoms with van der Waals surface area (Å²) in [4.78, 5) is 42.2. The number of hydrogen-bond donors (Lipinski definition) is 4. The van der Waals surface area contributed by atoms with Gasteiger partial charge in [0.15, 0.2) is 0 Å². The molecular weight excluding hydrogens is 498 g/mol. The van der Waals surface area contributed by atoms with Gasteiger partial charge in [0.1, 0.15) is 29.2 Å². The summed E-state index contributed by atoms with van der Waals surface area (Å²) in [6, 6.07) is 9.10. The highest BCUT2D eigenvalue weighted by atomic mass is 16.6. The van der Waals surface area contributed by atoms with Gasteiger partial charge >= 0.3 is 6.09 Å². The van der Waals surface area contributed by atoms with Crippen molar-refractivity contribution in [2.45, 2.75) is 91.5 Å². The number of phenols is 2. The molecule has 0 aliphatic rings. The van der Waals surface area contributed by atoms with Gasteiger partial charge in [-0.25, -0.2) is 4.79 Å². The molecule has 0 fully saturated rings. The molecule has 4 N–H and O–H groups in total. The molecule has 0 aromatic heterocycles. The predicted octanol–water partition coefficient (Wildman–Crippen LogP) is 4.74. The summed E-state index contributed by atoms with van der Waals surface area (Å²) in [7, 11) is 0. The number of aryl methyl sites for hydroxylation is 1. The monoisotopic (exact) mass is 541 g/mol. The molecule has 0 saturated heterocycles. The van der Waals surface area contributed by atoms with Crippen LogP contribution >= 0.6 is 0 Å². The quantitative estimate of drug-likeness (QED) is 0.363. The van der Waals surface area contributed by atoms with E-state index in [1.165, 1.54) is 23.1 Å². The first-order chi connectivity index (χ1) is 18.0. The van der Waals surface area contributed by atoms with E-state index in [-0.39, 0.29) is 30.4 Å². The Balaban J connectivity index is 2.57. The molecule has 0 bridgehead atoms. The Morgan fingerprint density at radius 1 is 0.974 bits per heavy atom. The van der Waals surface area contributed by atoms with Crippen molar-refractivity contribution in [3.8, 4) is 11.5 Å². The number of ether oxygens (including phenoxy) is 1. The maximum absolute atomic E-state index is 14.2. The van der Waals surface area contributed by atoms with Crippen LogP contribution in [0.15, 0.2) is 42.5 Å². The van der Waals surface area contributed by atoms with Crippen LogP contribution in [0.25, 0.3) is 0 Å². The highest BCUT2D eigenvalue weighted by Gasteiger charge is 2.37. The van der Waals surface area contributed by atoms with E-state index in [1.54, 1.807) is 52.0 Å². The Hall–Kier alpha value is -3.75. The number of nitrogens with zero attached hydrogens (tertiary/aromatic N) is 1. The van der Waals surface area contributed by atoms with Crippen molar-refractivity contribution < 1.29 is 29.3 Å². The normalized spacial score (nSPS) is 13.2. The lowest BCUT2D eigenvalue weighted by Crippen LogP contribution is -2.55. The standard InChI is InChI=1S/C30H43N3O6/c1-9-16-33(25(26(36)32-29(3,4)5)21-12-15-24(35)19(2)17-21)27(37)23(31-28(38)39-30(6,7)8)18-20-10-13-22(34)14-11-20/h10-15,17,23,25,34-35H,9,16,18H2,1-8H3,(H,31,38)(H,32,36). The summed E-state index contributed by atoms with van der Waals surface area (Å²) >= 11 is 0. The van der Waals surface area contributed by atoms with Gasteiger partial charge in [-0.2, -0.15) is 0 Å². The molecule has 0 heterocycles. The number of carbonyl (C=O) groups is 3. The lowest BCUT2D eigenvalue weighted by molar-refractivity contribution is -0.143. The summed E-state index contributed by atoms with van der Waals surface area (Å²) < 4.78 is 5.43. The van der Waals surface area contributed by atoms with Gasteiger partial charge in [-0.15, -0.1) is 0 Å². The molecule has 0 spiro atoms. The van der Waals surface area contributed by atoms with Gasteiger partial charge in [-0.05, 0) is 95.8 Å². The number of phenolic OH excluding ortho intramolecular Hbond substituents is 2. The van der Waals surface area contributed by atoms with Crippen molar-refractivity contribution in [2.75, 3.05) is 6.54 Å². The van der Waals surface area contributed by atoms with Crippen LogP contribution in [0, 0.1) is 6.92 Å². The van der Waals surface area contributed by atoms with E-state index >= 15 is 0 Å². The van der Waals surface area contributed by atoms with Crippen molar-refractivity contribution in [1.29, 1.82) is 0 Å². The van der Waals surface area contributed by atoms with Crippen LogP contribution < -0.4 is 10.6 Å². The van der Waals surface area contributed by atoms with Crippen LogP contribution in [-0.4, -0.2) is 56.7 Å². The van der Waals surface area contributed by atoms with E-state index in [2.05, 4.69) is 10.6 Å². The van der Waals surface area contributed by atoms with Gasteiger partial charge < -0.3 is 30.5 Å². The Labute approximate surface area is 231 Å². The van der Waals surface area contributed by atoms with Gasteiger partial charge in [-0.3, -0.25) is 9.59 Å². The Morgan fingerprint density at radius 3 is 2.10 bits per heavy atom. The summed E-state index contributed by atoms with van der Waals surface area (Å²) in [5.41, 5.74) is 0.460. The zero-order valence-corrected chi connectivity index (χ0v) is 24.3. The third kappa shape index (κ3) is 9.81. The van der Waals surface area contributed by atoms with E-state index in [1.807, 2.05) is 27.7 Å². The molecule has 39 heavy (non-hydrogen) atoms. The zero-order valence-electron chi connectivity index (χ0n) is 24.3. The fourth-order valence-electron chi connectivity index (χ4n) is 4.08. The largest absolute Gasteiger partial charge is 0.508 e. The van der Waals surface area contributed by atoms with Crippen molar-refractivity contribution >= 4 is 17.9 Å². The van der Waals surface area contributed by atoms with Crippen LogP contribution in [0.4, 0.5) is 4.79 Å². The van der Waals surface area contributed by atoms with E-state index < -0.39 is 35.2 Å². The van der Waals surface area contributed by atoms with Gasteiger partial charge in [0, 0.05) is 18.5 Å². The van der Waals surface area contributed by atoms with Crippen molar-refractivity contribution in [3.05, 3.63) is 59.2 Å². The lowest BCUT2D eigenvalue weighted by atomic mass is 9.97. The van der Waals surface area contributed by atoms with Crippen molar-refractivity contribution in [1.82, 2.24) is 15.5 Å². The average molecular weight is 542 g/mol. The van der Waals surface area contributed by atoms with Crippen LogP contribution in [-0.2, 0) is 20.7 Å². The van der Waals surface area contributed by atoms with Gasteiger partial charge in [0.25, 0.3) is 0 Å². The van der Waals surface area contributed by atoms with E-state index in [0.717, 1.165) is 0 Å². The predicted molar refractivity (Wildman–Crippen MR) is 150 cm³/mol. The first kappa shape index (κ1) is 31.5. The second-order valence-corrected chi connectivity index (χ2v) is 11.8. The minimum atomic E-state index is -1.06. The molecule has 0 aliphatic heterocycles. The maximum atomic E-state index is 14.2. The molecule has 9 heteroatoms. The highest BCUT2D eigenvalue weighted by molar-refractivity contribution is 5.92. The molecule has 0 aliphatic carbocycles. The topological polar surface area (TPSA) is 128 Å². The van der Waals surface area contributed by atoms with E-state index in [9.17, 15) is 24.6 Å². The van der Waals surface area contributed by atoms with Crippen LogP contribution in [0.5, 0.6) is 11.5 Å². The second-order valence-electron chi connectivity index (χ2n) is 11.8. The van der Waals surface area contributed by atoms with E-state index in [4.69, 9.17) is 4.74 Å². The number of nitrogens with one attached hydrogen (secondary N) is 2. The molecule has 214 valence electrons. The minimum Gasteiger partial charge on any atom is -0.508 e. The Morgan fingerprint density at radius 2 is 1.59 bits per heavy atom. The SMILES string of the molecule is CCCN(C(=O)C(Cc1ccc(O)cc1)NC(=O)OC(C)(C)C)C(C(=O)NC(C)(C)C)c1ccc(O)c(C)c1. The van der Waals surface area contributed by atoms with Crippen molar-refractivity contribution in [2.24, 2.45) is 0 Å². The first-order valence-electron chi connectivity index (χ1n) is 13.2. The zero-order chi connectivity index (χ0) is 29.5. The molecular formula is C30H43N3O6. The second kappa shape index (κ2) is 12.9.